The number of aromatic amines is 1. The molecule has 0 aliphatic carbocycles. The number of benzene rings is 2. The largest absolute Gasteiger partial charge is 0.370 e. The monoisotopic (exact) mass is 492 g/mol. The lowest BCUT2D eigenvalue weighted by atomic mass is 10.2. The number of carbonyl (C=O) groups is 1. The Morgan fingerprint density at radius 2 is 1.85 bits per heavy atom. The minimum Gasteiger partial charge on any atom is -0.370 e. The SMILES string of the molecule is Cc1sc2nc(CSC(C)C(=O)Nc3ccc(N(C)Cc4ccccc4)cc3)[nH]c(=O)c2c1C. The summed E-state index contributed by atoms with van der Waals surface area (Å²) in [5, 5.41) is 3.35. The predicted molar refractivity (Wildman–Crippen MR) is 144 cm³/mol. The van der Waals surface area contributed by atoms with Crippen molar-refractivity contribution >= 4 is 50.6 Å². The van der Waals surface area contributed by atoms with Crippen molar-refractivity contribution < 1.29 is 4.79 Å². The zero-order valence-electron chi connectivity index (χ0n) is 19.7. The van der Waals surface area contributed by atoms with Crippen LogP contribution in [0.4, 0.5) is 11.4 Å². The standard InChI is InChI=1S/C26H28N4O2S2/c1-16-17(2)34-26-23(16)25(32)28-22(29-26)15-33-18(3)24(31)27-20-10-12-21(13-11-20)30(4)14-19-8-6-5-7-9-19/h5-13,18H,14-15H2,1-4H3,(H,27,31)(H,28,29,32). The Hall–Kier alpha value is -3.10. The molecule has 1 atom stereocenters. The number of nitrogens with one attached hydrogen (secondary N) is 2. The van der Waals surface area contributed by atoms with Crippen LogP contribution in [0.3, 0.4) is 0 Å². The Morgan fingerprint density at radius 3 is 2.56 bits per heavy atom. The summed E-state index contributed by atoms with van der Waals surface area (Å²) in [7, 11) is 2.05. The van der Waals surface area contributed by atoms with Crippen molar-refractivity contribution in [1.29, 1.82) is 0 Å². The third kappa shape index (κ3) is 5.51. The number of rotatable bonds is 8. The van der Waals surface area contributed by atoms with Crippen LogP contribution in [0.25, 0.3) is 10.2 Å². The number of aryl methyl sites for hydroxylation is 2. The number of carbonyl (C=O) groups excluding carboxylic acids is 1. The van der Waals surface area contributed by atoms with E-state index >= 15 is 0 Å². The second-order valence-corrected chi connectivity index (χ2v) is 10.8. The highest BCUT2D eigenvalue weighted by atomic mass is 32.2. The maximum Gasteiger partial charge on any atom is 0.259 e. The molecule has 2 heterocycles. The van der Waals surface area contributed by atoms with Gasteiger partial charge in [-0.3, -0.25) is 9.59 Å². The third-order valence-electron chi connectivity index (χ3n) is 5.77. The van der Waals surface area contributed by atoms with Gasteiger partial charge in [0.2, 0.25) is 5.91 Å². The van der Waals surface area contributed by atoms with E-state index in [0.29, 0.717) is 17.0 Å². The predicted octanol–water partition coefficient (Wildman–Crippen LogP) is 5.50. The smallest absolute Gasteiger partial charge is 0.259 e. The van der Waals surface area contributed by atoms with Crippen LogP contribution in [0.5, 0.6) is 0 Å². The molecule has 6 nitrogen and oxygen atoms in total. The Bertz CT molecular complexity index is 1350. The molecule has 34 heavy (non-hydrogen) atoms. The fourth-order valence-electron chi connectivity index (χ4n) is 3.64. The molecule has 0 spiro atoms. The summed E-state index contributed by atoms with van der Waals surface area (Å²) in [6.07, 6.45) is 0. The molecular weight excluding hydrogens is 464 g/mol. The summed E-state index contributed by atoms with van der Waals surface area (Å²) in [5.41, 5.74) is 3.95. The van der Waals surface area contributed by atoms with Gasteiger partial charge in [-0.25, -0.2) is 4.98 Å². The molecule has 0 saturated carbocycles. The van der Waals surface area contributed by atoms with Crippen LogP contribution in [-0.4, -0.2) is 28.2 Å². The van der Waals surface area contributed by atoms with Gasteiger partial charge in [0.05, 0.1) is 16.4 Å². The molecule has 0 aliphatic rings. The van der Waals surface area contributed by atoms with Gasteiger partial charge in [0.1, 0.15) is 10.7 Å². The average Bonchev–Trinajstić information content (AvgIpc) is 3.12. The van der Waals surface area contributed by atoms with E-state index in [1.54, 1.807) is 0 Å². The zero-order chi connectivity index (χ0) is 24.2. The van der Waals surface area contributed by atoms with E-state index in [9.17, 15) is 9.59 Å². The van der Waals surface area contributed by atoms with Crippen LogP contribution in [0.1, 0.15) is 28.8 Å². The lowest BCUT2D eigenvalue weighted by molar-refractivity contribution is -0.115. The van der Waals surface area contributed by atoms with Crippen molar-refractivity contribution in [1.82, 2.24) is 9.97 Å². The van der Waals surface area contributed by atoms with Crippen molar-refractivity contribution in [2.24, 2.45) is 0 Å². The normalized spacial score (nSPS) is 12.0. The third-order valence-corrected chi connectivity index (χ3v) is 8.02. The van der Waals surface area contributed by atoms with Gasteiger partial charge < -0.3 is 15.2 Å². The highest BCUT2D eigenvalue weighted by Gasteiger charge is 2.16. The molecule has 0 radical (unpaired) electrons. The summed E-state index contributed by atoms with van der Waals surface area (Å²) in [5.74, 6) is 0.967. The number of aromatic nitrogens is 2. The number of thiophene rings is 1. The Morgan fingerprint density at radius 1 is 1.15 bits per heavy atom. The first-order valence-electron chi connectivity index (χ1n) is 11.1. The molecule has 2 aromatic heterocycles. The highest BCUT2D eigenvalue weighted by Crippen LogP contribution is 2.27. The molecule has 176 valence electrons. The molecule has 8 heteroatoms. The molecule has 1 amide bonds. The first-order valence-corrected chi connectivity index (χ1v) is 12.9. The number of anilines is 2. The minimum atomic E-state index is -0.298. The second kappa shape index (κ2) is 10.4. The van der Waals surface area contributed by atoms with E-state index in [-0.39, 0.29) is 16.7 Å². The maximum atomic E-state index is 12.7. The lowest BCUT2D eigenvalue weighted by Crippen LogP contribution is -2.23. The number of nitrogens with zero attached hydrogens (tertiary/aromatic N) is 2. The second-order valence-electron chi connectivity index (χ2n) is 8.31. The molecule has 1 unspecified atom stereocenters. The van der Waals surface area contributed by atoms with Crippen molar-refractivity contribution in [3.05, 3.63) is 86.8 Å². The molecule has 2 aromatic carbocycles. The van der Waals surface area contributed by atoms with Crippen LogP contribution in [0.15, 0.2) is 59.4 Å². The highest BCUT2D eigenvalue weighted by molar-refractivity contribution is 7.99. The first-order chi connectivity index (χ1) is 16.3. The summed E-state index contributed by atoms with van der Waals surface area (Å²) < 4.78 is 0. The maximum absolute atomic E-state index is 12.7. The number of fused-ring (bicyclic) bond motifs is 1. The fourth-order valence-corrected chi connectivity index (χ4v) is 5.44. The van der Waals surface area contributed by atoms with Crippen molar-refractivity contribution in [3.8, 4) is 0 Å². The first kappa shape index (κ1) is 24.0. The molecule has 4 rings (SSSR count). The van der Waals surface area contributed by atoms with Crippen LogP contribution in [-0.2, 0) is 17.1 Å². The van der Waals surface area contributed by atoms with Gasteiger partial charge in [-0.15, -0.1) is 23.1 Å². The van der Waals surface area contributed by atoms with Gasteiger partial charge in [0.15, 0.2) is 0 Å². The molecule has 4 aromatic rings. The Labute approximate surface area is 207 Å². The van der Waals surface area contributed by atoms with E-state index in [1.165, 1.54) is 28.7 Å². The quantitative estimate of drug-likeness (QED) is 0.340. The molecular formula is C26H28N4O2S2. The Balaban J connectivity index is 1.33. The van der Waals surface area contributed by atoms with Crippen LogP contribution in [0, 0.1) is 13.8 Å². The van der Waals surface area contributed by atoms with Gasteiger partial charge in [-0.1, -0.05) is 30.3 Å². The summed E-state index contributed by atoms with van der Waals surface area (Å²) in [6.45, 7) is 6.61. The molecule has 0 bridgehead atoms. The fraction of sp³-hybridized carbons (Fsp3) is 0.269. The van der Waals surface area contributed by atoms with Crippen LogP contribution < -0.4 is 15.8 Å². The van der Waals surface area contributed by atoms with Gasteiger partial charge in [-0.05, 0) is 56.2 Å². The zero-order valence-corrected chi connectivity index (χ0v) is 21.3. The molecule has 0 saturated heterocycles. The number of thioether (sulfide) groups is 1. The Kier molecular flexibility index (Phi) is 7.38. The average molecular weight is 493 g/mol. The summed E-state index contributed by atoms with van der Waals surface area (Å²) in [4.78, 5) is 36.6. The van der Waals surface area contributed by atoms with E-state index in [4.69, 9.17) is 0 Å². The van der Waals surface area contributed by atoms with E-state index < -0.39 is 0 Å². The molecule has 0 aliphatic heterocycles. The van der Waals surface area contributed by atoms with E-state index in [2.05, 4.69) is 32.3 Å². The van der Waals surface area contributed by atoms with E-state index in [1.807, 2.05) is 70.3 Å². The van der Waals surface area contributed by atoms with Crippen LogP contribution >= 0.6 is 23.1 Å². The van der Waals surface area contributed by atoms with Gasteiger partial charge in [-0.2, -0.15) is 0 Å². The van der Waals surface area contributed by atoms with Crippen molar-refractivity contribution in [2.75, 3.05) is 17.3 Å². The van der Waals surface area contributed by atoms with Gasteiger partial charge >= 0.3 is 0 Å². The number of amides is 1. The summed E-state index contributed by atoms with van der Waals surface area (Å²) in [6, 6.07) is 18.2. The number of hydrogen-bond donors (Lipinski definition) is 2. The number of H-pyrrole nitrogens is 1. The number of hydrogen-bond acceptors (Lipinski definition) is 6. The van der Waals surface area contributed by atoms with Crippen molar-refractivity contribution in [2.45, 2.75) is 38.3 Å². The molecule has 2 N–H and O–H groups in total. The summed E-state index contributed by atoms with van der Waals surface area (Å²) >= 11 is 2.98. The van der Waals surface area contributed by atoms with E-state index in [0.717, 1.165) is 33.2 Å². The van der Waals surface area contributed by atoms with Crippen molar-refractivity contribution in [3.63, 3.8) is 0 Å². The van der Waals surface area contributed by atoms with Crippen LogP contribution in [0.2, 0.25) is 0 Å². The topological polar surface area (TPSA) is 78.1 Å². The molecule has 0 fully saturated rings. The van der Waals surface area contributed by atoms with Gasteiger partial charge in [0.25, 0.3) is 5.56 Å². The van der Waals surface area contributed by atoms with Gasteiger partial charge in [0, 0.05) is 29.8 Å². The minimum absolute atomic E-state index is 0.0818. The lowest BCUT2D eigenvalue weighted by Gasteiger charge is -2.20.